The summed E-state index contributed by atoms with van der Waals surface area (Å²) in [6.07, 6.45) is 2.21. The molecule has 8 nitrogen and oxygen atoms in total. The van der Waals surface area contributed by atoms with Crippen LogP contribution in [0.25, 0.3) is 0 Å². The normalized spacial score (nSPS) is 19.2. The molecule has 0 saturated carbocycles. The fraction of sp³-hybridized carbons (Fsp3) is 0.368. The Labute approximate surface area is 165 Å². The van der Waals surface area contributed by atoms with Crippen molar-refractivity contribution in [3.63, 3.8) is 0 Å². The van der Waals surface area contributed by atoms with Gasteiger partial charge in [0.2, 0.25) is 0 Å². The number of benzene rings is 1. The molecule has 1 unspecified atom stereocenters. The Morgan fingerprint density at radius 1 is 1.34 bits per heavy atom. The third kappa shape index (κ3) is 4.83. The maximum atomic E-state index is 13.9. The van der Waals surface area contributed by atoms with E-state index in [1.165, 1.54) is 24.5 Å². The second-order valence-corrected chi connectivity index (χ2v) is 6.72. The SMILES string of the molecule is Cc1cnc(CNC(=O)OC2(O)CCCN(Cc3cccc(F)c3F)C2=O)cn1. The number of amides is 2. The van der Waals surface area contributed by atoms with Gasteiger partial charge in [-0.25, -0.2) is 13.6 Å². The van der Waals surface area contributed by atoms with Crippen LogP contribution in [-0.4, -0.2) is 44.3 Å². The summed E-state index contributed by atoms with van der Waals surface area (Å²) in [5.41, 5.74) is 1.15. The van der Waals surface area contributed by atoms with Gasteiger partial charge in [-0.15, -0.1) is 0 Å². The van der Waals surface area contributed by atoms with Crippen molar-refractivity contribution in [3.8, 4) is 0 Å². The number of piperidine rings is 1. The predicted octanol–water partition coefficient (Wildman–Crippen LogP) is 1.80. The lowest BCUT2D eigenvalue weighted by Crippen LogP contribution is -2.56. The molecule has 3 rings (SSSR count). The van der Waals surface area contributed by atoms with Gasteiger partial charge in [0.05, 0.1) is 24.1 Å². The quantitative estimate of drug-likeness (QED) is 0.734. The number of likely N-dealkylation sites (tertiary alicyclic amines) is 1. The van der Waals surface area contributed by atoms with Crippen LogP contribution in [0, 0.1) is 18.6 Å². The highest BCUT2D eigenvalue weighted by Gasteiger charge is 2.46. The van der Waals surface area contributed by atoms with Gasteiger partial charge >= 0.3 is 6.09 Å². The Morgan fingerprint density at radius 3 is 2.86 bits per heavy atom. The average Bonchev–Trinajstić information content (AvgIpc) is 2.68. The molecular weight excluding hydrogens is 386 g/mol. The van der Waals surface area contributed by atoms with Gasteiger partial charge in [0, 0.05) is 31.3 Å². The van der Waals surface area contributed by atoms with E-state index >= 15 is 0 Å². The van der Waals surface area contributed by atoms with Crippen LogP contribution >= 0.6 is 0 Å². The van der Waals surface area contributed by atoms with Crippen molar-refractivity contribution >= 4 is 12.0 Å². The lowest BCUT2D eigenvalue weighted by Gasteiger charge is -2.37. The van der Waals surface area contributed by atoms with Crippen molar-refractivity contribution in [1.29, 1.82) is 0 Å². The Hall–Kier alpha value is -3.14. The molecular formula is C19H20F2N4O4. The molecule has 1 aliphatic rings. The maximum Gasteiger partial charge on any atom is 0.410 e. The summed E-state index contributed by atoms with van der Waals surface area (Å²) in [6.45, 7) is 1.72. The van der Waals surface area contributed by atoms with Crippen LogP contribution in [0.2, 0.25) is 0 Å². The van der Waals surface area contributed by atoms with Crippen LogP contribution in [0.1, 0.15) is 29.8 Å². The first-order valence-corrected chi connectivity index (χ1v) is 8.97. The highest BCUT2D eigenvalue weighted by Crippen LogP contribution is 2.26. The summed E-state index contributed by atoms with van der Waals surface area (Å²) in [5.74, 6) is -5.37. The molecule has 2 aromatic rings. The van der Waals surface area contributed by atoms with Crippen molar-refractivity contribution in [2.24, 2.45) is 0 Å². The Bertz CT molecular complexity index is 910. The zero-order valence-electron chi connectivity index (χ0n) is 15.7. The molecule has 2 amide bonds. The molecule has 1 aliphatic heterocycles. The number of aryl methyl sites for hydroxylation is 1. The molecule has 0 bridgehead atoms. The van der Waals surface area contributed by atoms with Crippen LogP contribution < -0.4 is 5.32 Å². The van der Waals surface area contributed by atoms with Crippen LogP contribution in [-0.2, 0) is 22.6 Å². The number of carbonyl (C=O) groups excluding carboxylic acids is 2. The Morgan fingerprint density at radius 2 is 2.14 bits per heavy atom. The molecule has 1 aromatic carbocycles. The lowest BCUT2D eigenvalue weighted by molar-refractivity contribution is -0.206. The largest absolute Gasteiger partial charge is 0.410 e. The summed E-state index contributed by atoms with van der Waals surface area (Å²) in [7, 11) is 0. The van der Waals surface area contributed by atoms with E-state index in [1.54, 1.807) is 6.92 Å². The number of hydrogen-bond donors (Lipinski definition) is 2. The molecule has 0 spiro atoms. The average molecular weight is 406 g/mol. The molecule has 1 saturated heterocycles. The van der Waals surface area contributed by atoms with Crippen LogP contribution in [0.15, 0.2) is 30.6 Å². The van der Waals surface area contributed by atoms with Gasteiger partial charge < -0.3 is 20.1 Å². The van der Waals surface area contributed by atoms with Crippen LogP contribution in [0.3, 0.4) is 0 Å². The van der Waals surface area contributed by atoms with Crippen molar-refractivity contribution in [2.45, 2.75) is 38.6 Å². The molecule has 1 fully saturated rings. The monoisotopic (exact) mass is 406 g/mol. The van der Waals surface area contributed by atoms with Gasteiger partial charge in [0.1, 0.15) is 0 Å². The zero-order chi connectivity index (χ0) is 21.0. The minimum atomic E-state index is -2.38. The number of carbonyl (C=O) groups is 2. The van der Waals surface area contributed by atoms with Crippen LogP contribution in [0.4, 0.5) is 13.6 Å². The number of ether oxygens (including phenoxy) is 1. The van der Waals surface area contributed by atoms with Gasteiger partial charge in [0.25, 0.3) is 11.7 Å². The van der Waals surface area contributed by atoms with Crippen molar-refractivity contribution in [2.75, 3.05) is 6.54 Å². The Kier molecular flexibility index (Phi) is 6.02. The standard InChI is InChI=1S/C19H20F2N4O4/c1-12-8-23-14(9-22-12)10-24-18(27)29-19(28)6-3-7-25(17(19)26)11-13-4-2-5-15(20)16(13)21/h2,4-5,8-9,28H,3,6-7,10-11H2,1H3,(H,24,27). The first-order chi connectivity index (χ1) is 13.8. The number of nitrogens with zero attached hydrogens (tertiary/aromatic N) is 3. The lowest BCUT2D eigenvalue weighted by atomic mass is 10.0. The summed E-state index contributed by atoms with van der Waals surface area (Å²) in [6, 6.07) is 3.64. The number of hydrogen-bond acceptors (Lipinski definition) is 6. The molecule has 29 heavy (non-hydrogen) atoms. The van der Waals surface area contributed by atoms with E-state index in [9.17, 15) is 23.5 Å². The third-order valence-electron chi connectivity index (χ3n) is 4.47. The minimum absolute atomic E-state index is 0.00536. The molecule has 10 heteroatoms. The number of nitrogens with one attached hydrogen (secondary N) is 1. The van der Waals surface area contributed by atoms with Gasteiger partial charge in [0.15, 0.2) is 11.6 Å². The van der Waals surface area contributed by atoms with Crippen molar-refractivity contribution in [1.82, 2.24) is 20.2 Å². The van der Waals surface area contributed by atoms with Gasteiger partial charge in [-0.2, -0.15) is 0 Å². The number of rotatable bonds is 5. The van der Waals surface area contributed by atoms with E-state index in [-0.39, 0.29) is 31.6 Å². The number of halogens is 2. The molecule has 1 atom stereocenters. The highest BCUT2D eigenvalue weighted by molar-refractivity contribution is 5.86. The second-order valence-electron chi connectivity index (χ2n) is 6.72. The number of aliphatic hydroxyl groups is 1. The first kappa shape index (κ1) is 20.6. The molecule has 0 aliphatic carbocycles. The predicted molar refractivity (Wildman–Crippen MR) is 96.0 cm³/mol. The first-order valence-electron chi connectivity index (χ1n) is 8.97. The van der Waals surface area contributed by atoms with Crippen molar-refractivity contribution in [3.05, 3.63) is 59.2 Å². The smallest absolute Gasteiger partial charge is 0.407 e. The van der Waals surface area contributed by atoms with Gasteiger partial charge in [-0.3, -0.25) is 14.8 Å². The Balaban J connectivity index is 1.62. The molecule has 1 aromatic heterocycles. The number of aromatic nitrogens is 2. The fourth-order valence-electron chi connectivity index (χ4n) is 2.95. The molecule has 0 radical (unpaired) electrons. The summed E-state index contributed by atoms with van der Waals surface area (Å²) < 4.78 is 32.2. The minimum Gasteiger partial charge on any atom is -0.407 e. The maximum absolute atomic E-state index is 13.9. The van der Waals surface area contributed by atoms with E-state index in [4.69, 9.17) is 4.74 Å². The third-order valence-corrected chi connectivity index (χ3v) is 4.47. The van der Waals surface area contributed by atoms with Crippen LogP contribution in [0.5, 0.6) is 0 Å². The molecule has 2 heterocycles. The highest BCUT2D eigenvalue weighted by atomic mass is 19.2. The summed E-state index contributed by atoms with van der Waals surface area (Å²) >= 11 is 0. The molecule has 2 N–H and O–H groups in total. The van der Waals surface area contributed by atoms with Crippen molar-refractivity contribution < 1.29 is 28.2 Å². The fourth-order valence-corrected chi connectivity index (χ4v) is 2.95. The van der Waals surface area contributed by atoms with E-state index in [0.717, 1.165) is 11.0 Å². The van der Waals surface area contributed by atoms with E-state index in [0.29, 0.717) is 17.8 Å². The molecule has 154 valence electrons. The van der Waals surface area contributed by atoms with E-state index < -0.39 is 29.4 Å². The van der Waals surface area contributed by atoms with E-state index in [2.05, 4.69) is 15.3 Å². The zero-order valence-corrected chi connectivity index (χ0v) is 15.7. The second kappa shape index (κ2) is 8.48. The van der Waals surface area contributed by atoms with E-state index in [1.807, 2.05) is 0 Å². The van der Waals surface area contributed by atoms with Gasteiger partial charge in [-0.1, -0.05) is 12.1 Å². The topological polar surface area (TPSA) is 105 Å². The van der Waals surface area contributed by atoms with Gasteiger partial charge in [-0.05, 0) is 19.4 Å². The summed E-state index contributed by atoms with van der Waals surface area (Å²) in [4.78, 5) is 33.9. The summed E-state index contributed by atoms with van der Waals surface area (Å²) in [5, 5.41) is 12.9. The number of alkyl carbamates (subject to hydrolysis) is 1.